The third-order valence-electron chi connectivity index (χ3n) is 7.37. The van der Waals surface area contributed by atoms with E-state index < -0.39 is 39.2 Å². The fourth-order valence-corrected chi connectivity index (χ4v) is 8.69. The van der Waals surface area contributed by atoms with E-state index in [2.05, 4.69) is 6.92 Å². The molecule has 0 unspecified atom stereocenters. The summed E-state index contributed by atoms with van der Waals surface area (Å²) in [5, 5.41) is 10.2. The highest BCUT2D eigenvalue weighted by atomic mass is 32.2. The zero-order chi connectivity index (χ0) is 27.4. The van der Waals surface area contributed by atoms with Crippen molar-refractivity contribution in [3.63, 3.8) is 0 Å². The zero-order valence-corrected chi connectivity index (χ0v) is 24.1. The van der Waals surface area contributed by atoms with Crippen LogP contribution in [0.2, 0.25) is 0 Å². The normalized spacial score (nSPS) is 22.0. The third-order valence-corrected chi connectivity index (χ3v) is 10.7. The molecule has 1 heterocycles. The molecular weight excluding hydrogens is 514 g/mol. The number of carboxylic acids is 1. The van der Waals surface area contributed by atoms with Crippen molar-refractivity contribution < 1.29 is 18.3 Å². The number of sulfonamides is 1. The molecule has 0 spiro atoms. The van der Waals surface area contributed by atoms with Crippen LogP contribution in [0.15, 0.2) is 82.6 Å². The van der Waals surface area contributed by atoms with Crippen molar-refractivity contribution in [3.8, 4) is 0 Å². The Morgan fingerprint density at radius 3 is 1.89 bits per heavy atom. The molecule has 1 N–H and O–H groups in total. The molecule has 38 heavy (non-hydrogen) atoms. The number of aliphatic carboxylic acids is 1. The van der Waals surface area contributed by atoms with Gasteiger partial charge in [-0.05, 0) is 57.0 Å². The molecule has 1 fully saturated rings. The summed E-state index contributed by atoms with van der Waals surface area (Å²) in [5.41, 5.74) is 3.84. The number of rotatable bonds is 10. The van der Waals surface area contributed by atoms with Gasteiger partial charge in [-0.15, -0.1) is 11.8 Å². The second-order valence-electron chi connectivity index (χ2n) is 10.3. The summed E-state index contributed by atoms with van der Waals surface area (Å²) < 4.78 is 30.3. The molecule has 3 aromatic rings. The number of carboxylic acid groups (broad SMARTS) is 1. The Balaban J connectivity index is 1.90. The number of unbranched alkanes of at least 4 members (excludes halogenated alkanes) is 2. The molecule has 0 bridgehead atoms. The van der Waals surface area contributed by atoms with E-state index in [1.165, 1.54) is 11.8 Å². The van der Waals surface area contributed by atoms with Crippen molar-refractivity contribution in [2.24, 2.45) is 5.92 Å². The Kier molecular flexibility index (Phi) is 9.01. The lowest BCUT2D eigenvalue weighted by Crippen LogP contribution is -2.40. The molecule has 7 heteroatoms. The van der Waals surface area contributed by atoms with Crippen LogP contribution in [-0.4, -0.2) is 35.1 Å². The summed E-state index contributed by atoms with van der Waals surface area (Å²) in [5.74, 6) is -1.88. The van der Waals surface area contributed by atoms with Gasteiger partial charge in [0.2, 0.25) is 10.0 Å². The van der Waals surface area contributed by atoms with Crippen molar-refractivity contribution >= 4 is 27.8 Å². The van der Waals surface area contributed by atoms with Crippen molar-refractivity contribution in [2.75, 3.05) is 0 Å². The van der Waals surface area contributed by atoms with Crippen LogP contribution >= 0.6 is 11.8 Å². The van der Waals surface area contributed by atoms with Crippen molar-refractivity contribution in [2.45, 2.75) is 80.5 Å². The molecule has 0 saturated carbocycles. The van der Waals surface area contributed by atoms with E-state index in [-0.39, 0.29) is 4.90 Å². The Labute approximate surface area is 231 Å². The first-order chi connectivity index (χ1) is 18.1. The maximum absolute atomic E-state index is 14.4. The van der Waals surface area contributed by atoms with Gasteiger partial charge in [0.15, 0.2) is 0 Å². The van der Waals surface area contributed by atoms with Crippen LogP contribution in [0.25, 0.3) is 0 Å². The highest BCUT2D eigenvalue weighted by molar-refractivity contribution is 8.00. The molecule has 1 aliphatic heterocycles. The molecule has 0 radical (unpaired) electrons. The zero-order valence-electron chi connectivity index (χ0n) is 22.5. The van der Waals surface area contributed by atoms with Gasteiger partial charge in [0.25, 0.3) is 0 Å². The molecule has 202 valence electrons. The van der Waals surface area contributed by atoms with E-state index in [4.69, 9.17) is 0 Å². The molecule has 0 aromatic heterocycles. The molecule has 1 aliphatic rings. The van der Waals surface area contributed by atoms with Crippen LogP contribution < -0.4 is 0 Å². The molecule has 4 rings (SSSR count). The average molecular weight is 552 g/mol. The first kappa shape index (κ1) is 28.4. The highest BCUT2D eigenvalue weighted by Gasteiger charge is 2.57. The van der Waals surface area contributed by atoms with Gasteiger partial charge in [-0.3, -0.25) is 4.79 Å². The molecule has 3 aromatic carbocycles. The monoisotopic (exact) mass is 551 g/mol. The molecule has 5 nitrogen and oxygen atoms in total. The summed E-state index contributed by atoms with van der Waals surface area (Å²) in [6, 6.07) is 21.2. The number of thioether (sulfide) groups is 1. The molecule has 0 aliphatic carbocycles. The minimum absolute atomic E-state index is 0.200. The Bertz CT molecular complexity index is 1340. The van der Waals surface area contributed by atoms with Crippen LogP contribution in [0.5, 0.6) is 0 Å². The number of carbonyl (C=O) groups is 1. The lowest BCUT2D eigenvalue weighted by molar-refractivity contribution is -0.142. The van der Waals surface area contributed by atoms with Crippen LogP contribution in [0.1, 0.15) is 60.9 Å². The van der Waals surface area contributed by atoms with Gasteiger partial charge in [0.05, 0.1) is 16.9 Å². The molecular formula is C31H37NO4S2. The van der Waals surface area contributed by atoms with E-state index in [0.29, 0.717) is 12.0 Å². The summed E-state index contributed by atoms with van der Waals surface area (Å²) in [7, 11) is -3.99. The van der Waals surface area contributed by atoms with Gasteiger partial charge in [0.1, 0.15) is 0 Å². The topological polar surface area (TPSA) is 74.7 Å². The van der Waals surface area contributed by atoms with E-state index in [9.17, 15) is 18.3 Å². The Morgan fingerprint density at radius 2 is 1.37 bits per heavy atom. The quantitative estimate of drug-likeness (QED) is 0.270. The fourth-order valence-electron chi connectivity index (χ4n) is 5.30. The number of aryl methyl sites for hydroxylation is 3. The van der Waals surface area contributed by atoms with Crippen molar-refractivity contribution in [3.05, 3.63) is 95.1 Å². The maximum atomic E-state index is 14.4. The van der Waals surface area contributed by atoms with Gasteiger partial charge >= 0.3 is 5.97 Å². The smallest absolute Gasteiger partial charge is 0.309 e. The largest absolute Gasteiger partial charge is 0.481 e. The van der Waals surface area contributed by atoms with Crippen molar-refractivity contribution in [1.29, 1.82) is 0 Å². The number of benzene rings is 3. The third kappa shape index (κ3) is 6.00. The van der Waals surface area contributed by atoms with Crippen molar-refractivity contribution in [1.82, 2.24) is 4.31 Å². The van der Waals surface area contributed by atoms with E-state index >= 15 is 0 Å². The summed E-state index contributed by atoms with van der Waals surface area (Å²) in [4.78, 5) is 14.1. The first-order valence-electron chi connectivity index (χ1n) is 13.3. The van der Waals surface area contributed by atoms with Gasteiger partial charge in [-0.2, -0.15) is 4.31 Å². The second kappa shape index (κ2) is 12.1. The Hall–Kier alpha value is -2.61. The summed E-state index contributed by atoms with van der Waals surface area (Å²) in [6.07, 6.45) is 3.40. The van der Waals surface area contributed by atoms with E-state index in [0.717, 1.165) is 40.8 Å². The summed E-state index contributed by atoms with van der Waals surface area (Å²) >= 11 is 1.49. The number of nitrogens with zero attached hydrogens (tertiary/aromatic N) is 1. The molecule has 0 amide bonds. The van der Waals surface area contributed by atoms with Crippen LogP contribution in [0.4, 0.5) is 0 Å². The number of hydrogen-bond donors (Lipinski definition) is 1. The lowest BCUT2D eigenvalue weighted by Gasteiger charge is -2.31. The predicted molar refractivity (Wildman–Crippen MR) is 154 cm³/mol. The molecule has 1 saturated heterocycles. The van der Waals surface area contributed by atoms with Crippen LogP contribution in [-0.2, 0) is 14.8 Å². The maximum Gasteiger partial charge on any atom is 0.309 e. The SMILES string of the molecule is CCCCC[C@@H]1[C@@H](Sc2ccc(C)cc2)[C@@H](C(=O)O)[C@H](c2ccc(C)cc2)N1S(=O)(=O)c1ccc(C)cc1. The van der Waals surface area contributed by atoms with Gasteiger partial charge in [0, 0.05) is 16.2 Å². The first-order valence-corrected chi connectivity index (χ1v) is 15.6. The van der Waals surface area contributed by atoms with Crippen LogP contribution in [0.3, 0.4) is 0 Å². The lowest BCUT2D eigenvalue weighted by atomic mass is 9.92. The number of hydrogen-bond acceptors (Lipinski definition) is 4. The van der Waals surface area contributed by atoms with Gasteiger partial charge in [-0.1, -0.05) is 91.4 Å². The van der Waals surface area contributed by atoms with Gasteiger partial charge in [-0.25, -0.2) is 8.42 Å². The standard InChI is InChI=1S/C31H37NO4S2/c1-5-6-7-8-27-30(37-25-17-11-22(3)12-18-25)28(31(33)34)29(24-15-9-21(2)10-16-24)32(27)38(35,36)26-19-13-23(4)14-20-26/h9-20,27-30H,5-8H2,1-4H3,(H,33,34)/t27-,28+,29+,30-/m1/s1. The molecule has 4 atom stereocenters. The average Bonchev–Trinajstić information content (AvgIpc) is 3.21. The second-order valence-corrected chi connectivity index (χ2v) is 13.4. The minimum atomic E-state index is -3.99. The highest BCUT2D eigenvalue weighted by Crippen LogP contribution is 2.52. The Morgan fingerprint density at radius 1 is 0.842 bits per heavy atom. The van der Waals surface area contributed by atoms with Gasteiger partial charge < -0.3 is 5.11 Å². The van der Waals surface area contributed by atoms with E-state index in [1.807, 2.05) is 69.3 Å². The minimum Gasteiger partial charge on any atom is -0.481 e. The predicted octanol–water partition coefficient (Wildman–Crippen LogP) is 7.17. The fraction of sp³-hybridized carbons (Fsp3) is 0.387. The van der Waals surface area contributed by atoms with E-state index in [1.54, 1.807) is 28.6 Å². The summed E-state index contributed by atoms with van der Waals surface area (Å²) in [6.45, 7) is 8.02. The van der Waals surface area contributed by atoms with Crippen LogP contribution in [0, 0.1) is 26.7 Å².